The van der Waals surface area contributed by atoms with Crippen molar-refractivity contribution in [3.63, 3.8) is 0 Å². The SMILES string of the molecule is Fc1cccc(SNc2ccc(C(F)(F)F)c(-c3ccccc3-c3ccncc3)n2)n1. The average molecular weight is 442 g/mol. The second-order valence-electron chi connectivity index (χ2n) is 6.37. The zero-order valence-corrected chi connectivity index (χ0v) is 16.6. The van der Waals surface area contributed by atoms with Crippen molar-refractivity contribution in [2.45, 2.75) is 11.2 Å². The minimum Gasteiger partial charge on any atom is -0.309 e. The molecule has 0 unspecified atom stereocenters. The maximum Gasteiger partial charge on any atom is 0.418 e. The van der Waals surface area contributed by atoms with Crippen molar-refractivity contribution in [2.24, 2.45) is 0 Å². The molecular weight excluding hydrogens is 428 g/mol. The summed E-state index contributed by atoms with van der Waals surface area (Å²) in [6, 6.07) is 16.7. The molecule has 3 aromatic heterocycles. The first-order valence-corrected chi connectivity index (χ1v) is 9.87. The lowest BCUT2D eigenvalue weighted by atomic mass is 9.95. The van der Waals surface area contributed by atoms with Gasteiger partial charge in [0.25, 0.3) is 0 Å². The normalized spacial score (nSPS) is 11.4. The van der Waals surface area contributed by atoms with E-state index in [-0.39, 0.29) is 11.5 Å². The number of anilines is 1. The highest BCUT2D eigenvalue weighted by Crippen LogP contribution is 2.40. The molecule has 0 amide bonds. The molecule has 0 saturated carbocycles. The molecule has 0 bridgehead atoms. The molecule has 3 heterocycles. The van der Waals surface area contributed by atoms with Gasteiger partial charge >= 0.3 is 6.18 Å². The molecule has 4 nitrogen and oxygen atoms in total. The Morgan fingerprint density at radius 3 is 2.23 bits per heavy atom. The maximum absolute atomic E-state index is 13.8. The molecule has 0 aliphatic rings. The molecule has 4 rings (SSSR count). The van der Waals surface area contributed by atoms with Crippen molar-refractivity contribution in [1.29, 1.82) is 0 Å². The minimum absolute atomic E-state index is 0.184. The van der Waals surface area contributed by atoms with Gasteiger partial charge in [0.15, 0.2) is 0 Å². The number of rotatable bonds is 5. The molecule has 156 valence electrons. The lowest BCUT2D eigenvalue weighted by Crippen LogP contribution is -2.10. The van der Waals surface area contributed by atoms with Crippen LogP contribution in [-0.2, 0) is 6.18 Å². The number of nitrogens with zero attached hydrogens (tertiary/aromatic N) is 3. The van der Waals surface area contributed by atoms with Gasteiger partial charge in [-0.1, -0.05) is 30.3 Å². The van der Waals surface area contributed by atoms with Crippen molar-refractivity contribution in [2.75, 3.05) is 4.72 Å². The standard InChI is InChI=1S/C22H14F4N4S/c23-18-6-3-7-20(28-18)31-30-19-9-8-17(22(24,25)26)21(29-19)16-5-2-1-4-15(16)14-10-12-27-13-11-14/h1-13H,(H,29,30). The van der Waals surface area contributed by atoms with Crippen LogP contribution < -0.4 is 4.72 Å². The number of hydrogen-bond acceptors (Lipinski definition) is 5. The van der Waals surface area contributed by atoms with E-state index < -0.39 is 17.7 Å². The van der Waals surface area contributed by atoms with E-state index >= 15 is 0 Å². The number of halogens is 4. The Morgan fingerprint density at radius 1 is 0.774 bits per heavy atom. The number of pyridine rings is 3. The number of benzene rings is 1. The van der Waals surface area contributed by atoms with E-state index in [2.05, 4.69) is 19.7 Å². The van der Waals surface area contributed by atoms with Crippen LogP contribution in [0.15, 0.2) is 84.1 Å². The second-order valence-corrected chi connectivity index (χ2v) is 7.20. The van der Waals surface area contributed by atoms with Gasteiger partial charge in [0, 0.05) is 29.9 Å². The van der Waals surface area contributed by atoms with Crippen LogP contribution in [0.2, 0.25) is 0 Å². The molecule has 0 saturated heterocycles. The van der Waals surface area contributed by atoms with Crippen molar-refractivity contribution >= 4 is 17.8 Å². The Balaban J connectivity index is 1.77. The van der Waals surface area contributed by atoms with E-state index in [1.807, 2.05) is 0 Å². The molecule has 1 aromatic carbocycles. The van der Waals surface area contributed by atoms with E-state index in [4.69, 9.17) is 0 Å². The van der Waals surface area contributed by atoms with Crippen molar-refractivity contribution < 1.29 is 17.6 Å². The summed E-state index contributed by atoms with van der Waals surface area (Å²) in [4.78, 5) is 11.9. The summed E-state index contributed by atoms with van der Waals surface area (Å²) in [6.07, 6.45) is -1.45. The van der Waals surface area contributed by atoms with Crippen LogP contribution in [0, 0.1) is 5.95 Å². The zero-order valence-electron chi connectivity index (χ0n) is 15.8. The number of alkyl halides is 3. The largest absolute Gasteiger partial charge is 0.418 e. The molecule has 0 fully saturated rings. The van der Waals surface area contributed by atoms with Gasteiger partial charge in [0.1, 0.15) is 10.8 Å². The van der Waals surface area contributed by atoms with E-state index in [0.29, 0.717) is 16.2 Å². The van der Waals surface area contributed by atoms with Crippen LogP contribution in [0.4, 0.5) is 23.4 Å². The monoisotopic (exact) mass is 442 g/mol. The van der Waals surface area contributed by atoms with Gasteiger partial charge < -0.3 is 4.72 Å². The maximum atomic E-state index is 13.8. The molecule has 4 aromatic rings. The predicted octanol–water partition coefficient (Wildman–Crippen LogP) is 6.48. The highest BCUT2D eigenvalue weighted by atomic mass is 32.2. The summed E-state index contributed by atoms with van der Waals surface area (Å²) in [6.45, 7) is 0. The number of aromatic nitrogens is 3. The molecular formula is C22H14F4N4S. The van der Waals surface area contributed by atoms with Gasteiger partial charge in [0.05, 0.1) is 11.3 Å². The fourth-order valence-electron chi connectivity index (χ4n) is 2.97. The van der Waals surface area contributed by atoms with E-state index in [9.17, 15) is 17.6 Å². The first-order chi connectivity index (χ1) is 14.9. The molecule has 31 heavy (non-hydrogen) atoms. The minimum atomic E-state index is -4.59. The summed E-state index contributed by atoms with van der Waals surface area (Å²) in [5.74, 6) is -0.470. The Hall–Kier alpha value is -3.46. The van der Waals surface area contributed by atoms with E-state index in [0.717, 1.165) is 23.6 Å². The molecule has 9 heteroatoms. The fraction of sp³-hybridized carbons (Fsp3) is 0.0455. The lowest BCUT2D eigenvalue weighted by molar-refractivity contribution is -0.137. The fourth-order valence-corrected chi connectivity index (χ4v) is 3.58. The molecule has 0 aliphatic heterocycles. The van der Waals surface area contributed by atoms with Crippen LogP contribution in [-0.4, -0.2) is 15.0 Å². The quantitative estimate of drug-likeness (QED) is 0.218. The summed E-state index contributed by atoms with van der Waals surface area (Å²) in [7, 11) is 0. The van der Waals surface area contributed by atoms with Gasteiger partial charge in [0.2, 0.25) is 5.95 Å². The summed E-state index contributed by atoms with van der Waals surface area (Å²) in [5, 5.41) is 0.320. The Morgan fingerprint density at radius 2 is 1.52 bits per heavy atom. The lowest BCUT2D eigenvalue weighted by Gasteiger charge is -2.16. The Labute approximate surface area is 179 Å². The topological polar surface area (TPSA) is 50.7 Å². The Kier molecular flexibility index (Phi) is 5.85. The first-order valence-electron chi connectivity index (χ1n) is 9.05. The average Bonchev–Trinajstić information content (AvgIpc) is 2.77. The molecule has 0 radical (unpaired) electrons. The van der Waals surface area contributed by atoms with Gasteiger partial charge in [-0.2, -0.15) is 17.6 Å². The predicted molar refractivity (Wildman–Crippen MR) is 112 cm³/mol. The van der Waals surface area contributed by atoms with Crippen LogP contribution in [0.1, 0.15) is 5.56 Å². The summed E-state index contributed by atoms with van der Waals surface area (Å²) < 4.78 is 57.4. The van der Waals surface area contributed by atoms with Gasteiger partial charge in [-0.25, -0.2) is 9.97 Å². The molecule has 0 aliphatic carbocycles. The highest BCUT2D eigenvalue weighted by molar-refractivity contribution is 8.00. The third kappa shape index (κ3) is 4.83. The highest BCUT2D eigenvalue weighted by Gasteiger charge is 2.35. The first kappa shape index (κ1) is 20.8. The third-order valence-corrected chi connectivity index (χ3v) is 5.07. The van der Waals surface area contributed by atoms with Crippen LogP contribution in [0.3, 0.4) is 0 Å². The van der Waals surface area contributed by atoms with Crippen molar-refractivity contribution in [3.05, 3.63) is 90.6 Å². The third-order valence-electron chi connectivity index (χ3n) is 4.32. The molecule has 1 N–H and O–H groups in total. The molecule has 0 atom stereocenters. The number of nitrogens with one attached hydrogen (secondary N) is 1. The van der Waals surface area contributed by atoms with Crippen molar-refractivity contribution in [1.82, 2.24) is 15.0 Å². The van der Waals surface area contributed by atoms with Crippen LogP contribution in [0.25, 0.3) is 22.4 Å². The second kappa shape index (κ2) is 8.73. The van der Waals surface area contributed by atoms with Crippen LogP contribution in [0.5, 0.6) is 0 Å². The zero-order chi connectivity index (χ0) is 21.8. The smallest absolute Gasteiger partial charge is 0.309 e. The van der Waals surface area contributed by atoms with Crippen molar-refractivity contribution in [3.8, 4) is 22.4 Å². The van der Waals surface area contributed by atoms with Gasteiger partial charge in [-0.05, 0) is 47.5 Å². The van der Waals surface area contributed by atoms with Gasteiger partial charge in [-0.3, -0.25) is 4.98 Å². The van der Waals surface area contributed by atoms with E-state index in [1.54, 1.807) is 54.9 Å². The summed E-state index contributed by atoms with van der Waals surface area (Å²) >= 11 is 0.952. The number of hydrogen-bond donors (Lipinski definition) is 1. The molecule has 0 spiro atoms. The van der Waals surface area contributed by atoms with Gasteiger partial charge in [-0.15, -0.1) is 0 Å². The summed E-state index contributed by atoms with van der Waals surface area (Å²) in [5.41, 5.74) is 0.585. The van der Waals surface area contributed by atoms with Crippen LogP contribution >= 0.6 is 11.9 Å². The Bertz CT molecular complexity index is 1200. The van der Waals surface area contributed by atoms with E-state index in [1.165, 1.54) is 18.2 Å².